The van der Waals surface area contributed by atoms with Crippen LogP contribution in [-0.2, 0) is 18.4 Å². The van der Waals surface area contributed by atoms with Crippen LogP contribution in [0.25, 0.3) is 0 Å². The maximum Gasteiger partial charge on any atom is 0.472 e. The Balaban J connectivity index is 4.22. The van der Waals surface area contributed by atoms with Gasteiger partial charge in [-0.05, 0) is 32.1 Å². The van der Waals surface area contributed by atoms with E-state index in [-0.39, 0.29) is 25.7 Å². The molecule has 0 radical (unpaired) electrons. The van der Waals surface area contributed by atoms with Gasteiger partial charge in [0.05, 0.1) is 25.4 Å². The first kappa shape index (κ1) is 52.0. The number of allylic oxidation sites excluding steroid dienone is 3. The van der Waals surface area contributed by atoms with E-state index in [9.17, 15) is 19.4 Å². The fourth-order valence-corrected chi connectivity index (χ4v) is 7.38. The number of rotatable bonds is 42. The van der Waals surface area contributed by atoms with Crippen molar-refractivity contribution in [1.82, 2.24) is 5.32 Å². The van der Waals surface area contributed by atoms with Crippen molar-refractivity contribution >= 4 is 13.7 Å². The standard InChI is InChI=1S/C44H87N2O6P/c1-3-5-7-9-11-13-15-17-19-21-23-25-27-29-31-33-35-37-43(47)42(41-52-53(49,50)51-40-39-45)46-44(48)38-36-34-32-30-28-26-24-22-20-18-16-14-12-10-8-6-4-2/h27,29,35,37,42-43,47H,3-26,28,30-34,36,38-41,45H2,1-2H3,(H,46,48)(H,49,50)/b29-27+,37-35+. The van der Waals surface area contributed by atoms with Gasteiger partial charge in [-0.25, -0.2) is 4.57 Å². The largest absolute Gasteiger partial charge is 0.472 e. The zero-order chi connectivity index (χ0) is 38.9. The molecule has 0 heterocycles. The lowest BCUT2D eigenvalue weighted by molar-refractivity contribution is -0.123. The van der Waals surface area contributed by atoms with Crippen LogP contribution in [-0.4, -0.2) is 47.8 Å². The lowest BCUT2D eigenvalue weighted by atomic mass is 10.0. The van der Waals surface area contributed by atoms with Crippen LogP contribution in [0.4, 0.5) is 0 Å². The molecule has 8 nitrogen and oxygen atoms in total. The van der Waals surface area contributed by atoms with Crippen molar-refractivity contribution in [2.24, 2.45) is 5.73 Å². The molecule has 53 heavy (non-hydrogen) atoms. The van der Waals surface area contributed by atoms with Gasteiger partial charge in [0.25, 0.3) is 0 Å². The van der Waals surface area contributed by atoms with Crippen LogP contribution in [0.1, 0.15) is 219 Å². The number of nitrogens with one attached hydrogen (secondary N) is 1. The number of carbonyl (C=O) groups is 1. The van der Waals surface area contributed by atoms with E-state index in [1.807, 2.05) is 6.08 Å². The summed E-state index contributed by atoms with van der Waals surface area (Å²) in [6, 6.07) is -0.872. The summed E-state index contributed by atoms with van der Waals surface area (Å²) in [5.41, 5.74) is 5.37. The summed E-state index contributed by atoms with van der Waals surface area (Å²) in [7, 11) is -4.34. The second kappa shape index (κ2) is 40.6. The average molecular weight is 771 g/mol. The summed E-state index contributed by atoms with van der Waals surface area (Å²) < 4.78 is 22.1. The summed E-state index contributed by atoms with van der Waals surface area (Å²) in [5.74, 6) is -0.201. The van der Waals surface area contributed by atoms with Crippen LogP contribution < -0.4 is 11.1 Å². The van der Waals surface area contributed by atoms with Crippen molar-refractivity contribution in [2.45, 2.75) is 231 Å². The molecule has 5 N–H and O–H groups in total. The second-order valence-corrected chi connectivity index (χ2v) is 16.7. The topological polar surface area (TPSA) is 131 Å². The number of aliphatic hydroxyl groups is 1. The Morgan fingerprint density at radius 3 is 1.45 bits per heavy atom. The maximum atomic E-state index is 12.8. The zero-order valence-corrected chi connectivity index (χ0v) is 35.7. The number of phosphoric ester groups is 1. The highest BCUT2D eigenvalue weighted by Crippen LogP contribution is 2.43. The molecule has 1 amide bonds. The molecule has 0 aliphatic carbocycles. The minimum Gasteiger partial charge on any atom is -0.387 e. The smallest absolute Gasteiger partial charge is 0.387 e. The number of phosphoric acid groups is 1. The van der Waals surface area contributed by atoms with Crippen molar-refractivity contribution in [3.8, 4) is 0 Å². The Labute approximate surface area is 327 Å². The third kappa shape index (κ3) is 39.0. The fraction of sp³-hybridized carbons (Fsp3) is 0.886. The minimum atomic E-state index is -4.34. The molecule has 0 spiro atoms. The Bertz CT molecular complexity index is 886. The Hall–Kier alpha value is -1.02. The van der Waals surface area contributed by atoms with Gasteiger partial charge >= 0.3 is 7.82 Å². The molecule has 0 aromatic carbocycles. The van der Waals surface area contributed by atoms with Crippen molar-refractivity contribution in [3.05, 3.63) is 24.3 Å². The monoisotopic (exact) mass is 771 g/mol. The second-order valence-electron chi connectivity index (χ2n) is 15.3. The molecule has 0 fully saturated rings. The van der Waals surface area contributed by atoms with Crippen molar-refractivity contribution in [3.63, 3.8) is 0 Å². The zero-order valence-electron chi connectivity index (χ0n) is 34.8. The predicted octanol–water partition coefficient (Wildman–Crippen LogP) is 12.6. The van der Waals surface area contributed by atoms with E-state index in [2.05, 4.69) is 31.3 Å². The van der Waals surface area contributed by atoms with E-state index in [1.165, 1.54) is 161 Å². The molecule has 0 aliphatic rings. The highest BCUT2D eigenvalue weighted by Gasteiger charge is 2.26. The molecular weight excluding hydrogens is 683 g/mol. The molecule has 0 rings (SSSR count). The highest BCUT2D eigenvalue weighted by atomic mass is 31.2. The number of aliphatic hydroxyl groups excluding tert-OH is 1. The summed E-state index contributed by atoms with van der Waals surface area (Å²) >= 11 is 0. The molecule has 3 unspecified atom stereocenters. The third-order valence-corrected chi connectivity index (χ3v) is 11.0. The first-order valence-corrected chi connectivity index (χ1v) is 24.0. The van der Waals surface area contributed by atoms with E-state index in [0.29, 0.717) is 6.42 Å². The molecule has 314 valence electrons. The molecule has 9 heteroatoms. The number of carbonyl (C=O) groups excluding carboxylic acids is 1. The van der Waals surface area contributed by atoms with Crippen LogP contribution in [0.15, 0.2) is 24.3 Å². The van der Waals surface area contributed by atoms with Gasteiger partial charge in [-0.15, -0.1) is 0 Å². The fourth-order valence-electron chi connectivity index (χ4n) is 6.62. The number of hydrogen-bond donors (Lipinski definition) is 4. The van der Waals surface area contributed by atoms with Crippen molar-refractivity contribution in [2.75, 3.05) is 19.8 Å². The summed E-state index contributed by atoms with van der Waals surface area (Å²) in [6.07, 6.45) is 46.6. The van der Waals surface area contributed by atoms with E-state index in [1.54, 1.807) is 6.08 Å². The first-order chi connectivity index (χ1) is 25.9. The minimum absolute atomic E-state index is 0.0759. The molecule has 3 atom stereocenters. The lowest BCUT2D eigenvalue weighted by Crippen LogP contribution is -2.45. The SMILES string of the molecule is CCCCCCCCCCCCC/C=C/CC/C=C/C(O)C(COP(=O)(O)OCCN)NC(=O)CCCCCCCCCCCCCCCCCCC. The van der Waals surface area contributed by atoms with Gasteiger partial charge in [-0.2, -0.15) is 0 Å². The molecule has 0 aliphatic heterocycles. The molecule has 0 saturated heterocycles. The van der Waals surface area contributed by atoms with Crippen LogP contribution in [0.5, 0.6) is 0 Å². The Morgan fingerprint density at radius 2 is 1.00 bits per heavy atom. The number of hydrogen-bond acceptors (Lipinski definition) is 6. The van der Waals surface area contributed by atoms with Gasteiger partial charge in [-0.1, -0.05) is 205 Å². The molecule has 0 aromatic rings. The van der Waals surface area contributed by atoms with Gasteiger partial charge in [0, 0.05) is 13.0 Å². The van der Waals surface area contributed by atoms with E-state index >= 15 is 0 Å². The average Bonchev–Trinajstić information content (AvgIpc) is 3.14. The van der Waals surface area contributed by atoms with Gasteiger partial charge in [-0.3, -0.25) is 13.8 Å². The lowest BCUT2D eigenvalue weighted by Gasteiger charge is -2.23. The van der Waals surface area contributed by atoms with Crippen LogP contribution in [0, 0.1) is 0 Å². The summed E-state index contributed by atoms with van der Waals surface area (Å²) in [5, 5.41) is 13.7. The van der Waals surface area contributed by atoms with Gasteiger partial charge in [0.1, 0.15) is 0 Å². The highest BCUT2D eigenvalue weighted by molar-refractivity contribution is 7.47. The first-order valence-electron chi connectivity index (χ1n) is 22.5. The molecule has 0 saturated carbocycles. The normalized spacial score (nSPS) is 14.3. The number of nitrogens with two attached hydrogens (primary N) is 1. The Morgan fingerprint density at radius 1 is 0.604 bits per heavy atom. The van der Waals surface area contributed by atoms with Crippen LogP contribution in [0.3, 0.4) is 0 Å². The maximum absolute atomic E-state index is 12.8. The predicted molar refractivity (Wildman–Crippen MR) is 226 cm³/mol. The quantitative estimate of drug-likeness (QED) is 0.0276. The summed E-state index contributed by atoms with van der Waals surface area (Å²) in [6.45, 7) is 4.13. The number of amides is 1. The van der Waals surface area contributed by atoms with Crippen molar-refractivity contribution in [1.29, 1.82) is 0 Å². The molecule has 0 bridgehead atoms. The summed E-state index contributed by atoms with van der Waals surface area (Å²) in [4.78, 5) is 22.7. The van der Waals surface area contributed by atoms with E-state index in [0.717, 1.165) is 38.5 Å². The van der Waals surface area contributed by atoms with E-state index < -0.39 is 20.0 Å². The molecular formula is C44H87N2O6P. The number of unbranched alkanes of at least 4 members (excludes halogenated alkanes) is 28. The van der Waals surface area contributed by atoms with E-state index in [4.69, 9.17) is 14.8 Å². The van der Waals surface area contributed by atoms with Gasteiger partial charge in [0.2, 0.25) is 5.91 Å². The Kier molecular flexibility index (Phi) is 39.9. The third-order valence-electron chi connectivity index (χ3n) is 10.0. The van der Waals surface area contributed by atoms with Crippen LogP contribution >= 0.6 is 7.82 Å². The molecule has 0 aromatic heterocycles. The van der Waals surface area contributed by atoms with Gasteiger partial charge in [0.15, 0.2) is 0 Å². The van der Waals surface area contributed by atoms with Gasteiger partial charge < -0.3 is 21.1 Å². The van der Waals surface area contributed by atoms with Crippen molar-refractivity contribution < 1.29 is 28.4 Å². The van der Waals surface area contributed by atoms with Crippen LogP contribution in [0.2, 0.25) is 0 Å².